The molecule has 1 aromatic rings. The summed E-state index contributed by atoms with van der Waals surface area (Å²) in [7, 11) is 0. The Labute approximate surface area is 85.1 Å². The molecule has 0 fully saturated rings. The number of hydrogen-bond donors (Lipinski definition) is 1. The first-order chi connectivity index (χ1) is 4.34. The van der Waals surface area contributed by atoms with Crippen molar-refractivity contribution >= 4 is 11.4 Å². The van der Waals surface area contributed by atoms with E-state index in [2.05, 4.69) is 10.9 Å². The molecule has 0 spiro atoms. The number of nitrogens with zero attached hydrogens (tertiary/aromatic N) is 1. The second-order valence-electron chi connectivity index (χ2n) is 1.60. The molecule has 0 saturated carbocycles. The van der Waals surface area contributed by atoms with Gasteiger partial charge >= 0.3 is 0 Å². The van der Waals surface area contributed by atoms with Crippen molar-refractivity contribution in [1.82, 2.24) is 0 Å². The molecule has 3 heteroatoms. The molecule has 0 saturated heterocycles. The van der Waals surface area contributed by atoms with Gasteiger partial charge in [-0.25, -0.2) is 4.85 Å². The average molecular weight is 206 g/mol. The molecule has 0 unspecified atom stereocenters. The van der Waals surface area contributed by atoms with Crippen molar-refractivity contribution in [3.8, 4) is 0 Å². The van der Waals surface area contributed by atoms with E-state index in [9.17, 15) is 0 Å². The fourth-order valence-corrected chi connectivity index (χ4v) is 0.530. The third-order valence-corrected chi connectivity index (χ3v) is 0.995. The molecule has 1 radical (unpaired) electrons. The van der Waals surface area contributed by atoms with Crippen molar-refractivity contribution in [3.05, 3.63) is 35.7 Å². The Bertz CT molecular complexity index is 252. The molecule has 10 heavy (non-hydrogen) atoms. The molecule has 0 bridgehead atoms. The van der Waals surface area contributed by atoms with Crippen LogP contribution in [0.3, 0.4) is 0 Å². The van der Waals surface area contributed by atoms with Gasteiger partial charge < -0.3 is 5.73 Å². The summed E-state index contributed by atoms with van der Waals surface area (Å²) in [6, 6.07) is 7.68. The zero-order valence-corrected chi connectivity index (χ0v) is 8.17. The van der Waals surface area contributed by atoms with Crippen LogP contribution in [0.2, 0.25) is 0 Å². The van der Waals surface area contributed by atoms with Gasteiger partial charge in [-0.1, -0.05) is 6.07 Å². The Balaban J connectivity index is 0.000000810. The molecule has 0 atom stereocenters. The van der Waals surface area contributed by atoms with Crippen molar-refractivity contribution in [2.45, 2.75) is 0 Å². The molecule has 2 nitrogen and oxygen atoms in total. The third kappa shape index (κ3) is 2.09. The summed E-state index contributed by atoms with van der Waals surface area (Å²) in [6.45, 7) is 6.61. The van der Waals surface area contributed by atoms with E-state index in [1.807, 2.05) is 0 Å². The van der Waals surface area contributed by atoms with Crippen LogP contribution in [0.25, 0.3) is 4.85 Å². The maximum Gasteiger partial charge on any atom is 0.229 e. The number of rotatable bonds is 0. The van der Waals surface area contributed by atoms with Gasteiger partial charge in [0.2, 0.25) is 5.69 Å². The van der Waals surface area contributed by atoms with E-state index in [0.717, 1.165) is 0 Å². The first-order valence-corrected chi connectivity index (χ1v) is 2.47. The second kappa shape index (κ2) is 4.43. The van der Waals surface area contributed by atoms with E-state index >= 15 is 0 Å². The Kier molecular flexibility index (Phi) is 4.26. The molecule has 0 heterocycles. The zero-order chi connectivity index (χ0) is 6.69. The number of hydrogen-bond acceptors (Lipinski definition) is 1. The molecule has 0 aromatic heterocycles. The minimum atomic E-state index is 0. The van der Waals surface area contributed by atoms with Crippen LogP contribution in [0.1, 0.15) is 0 Å². The fraction of sp³-hybridized carbons (Fsp3) is 0. The summed E-state index contributed by atoms with van der Waals surface area (Å²) in [5.74, 6) is 0. The van der Waals surface area contributed by atoms with E-state index in [4.69, 9.17) is 12.3 Å². The van der Waals surface area contributed by atoms with Gasteiger partial charge in [-0.05, 0) is 0 Å². The standard InChI is InChI=1S/C7H5N2.Y/c1-9-7-5-3-2-4-6(7)8;/h2,4-5H,8H2;/q-1;. The molecular weight excluding hydrogens is 201 g/mol. The number of nitrogen functional groups attached to an aromatic ring is 1. The van der Waals surface area contributed by atoms with Gasteiger partial charge in [0.15, 0.2) is 0 Å². The molecule has 0 aliphatic carbocycles. The van der Waals surface area contributed by atoms with Crippen molar-refractivity contribution in [1.29, 1.82) is 0 Å². The smallest absolute Gasteiger partial charge is 0.229 e. The molecule has 1 aromatic carbocycles. The van der Waals surface area contributed by atoms with Gasteiger partial charge in [-0.2, -0.15) is 12.1 Å². The Morgan fingerprint density at radius 2 is 2.30 bits per heavy atom. The van der Waals surface area contributed by atoms with Crippen LogP contribution < -0.4 is 5.73 Å². The zero-order valence-electron chi connectivity index (χ0n) is 5.33. The number of anilines is 1. The summed E-state index contributed by atoms with van der Waals surface area (Å²) in [5.41, 5.74) is 6.38. The monoisotopic (exact) mass is 206 g/mol. The molecule has 0 aliphatic rings. The predicted octanol–water partition coefficient (Wildman–Crippen LogP) is 1.62. The van der Waals surface area contributed by atoms with Gasteiger partial charge in [0, 0.05) is 38.4 Å². The van der Waals surface area contributed by atoms with Gasteiger partial charge in [0.05, 0.1) is 0 Å². The first-order valence-electron chi connectivity index (χ1n) is 2.47. The SMILES string of the molecule is [C-]#[N+]c1c[c-]ccc1N.[Y]. The van der Waals surface area contributed by atoms with Crippen LogP contribution in [0, 0.1) is 12.6 Å². The molecule has 47 valence electrons. The van der Waals surface area contributed by atoms with E-state index in [-0.39, 0.29) is 32.7 Å². The summed E-state index contributed by atoms with van der Waals surface area (Å²) in [4.78, 5) is 3.16. The summed E-state index contributed by atoms with van der Waals surface area (Å²) < 4.78 is 0. The van der Waals surface area contributed by atoms with Crippen LogP contribution in [-0.4, -0.2) is 0 Å². The molecular formula is C7H5N2Y-. The van der Waals surface area contributed by atoms with Crippen LogP contribution in [0.4, 0.5) is 11.4 Å². The molecule has 0 amide bonds. The van der Waals surface area contributed by atoms with E-state index in [0.29, 0.717) is 11.4 Å². The van der Waals surface area contributed by atoms with Crippen molar-refractivity contribution in [3.63, 3.8) is 0 Å². The molecule has 1 rings (SSSR count). The van der Waals surface area contributed by atoms with Gasteiger partial charge in [0.1, 0.15) is 6.57 Å². The molecule has 2 N–H and O–H groups in total. The quantitative estimate of drug-likeness (QED) is 0.507. The summed E-state index contributed by atoms with van der Waals surface area (Å²) in [6.07, 6.45) is 0. The van der Waals surface area contributed by atoms with Gasteiger partial charge in [-0.15, -0.1) is 6.07 Å². The van der Waals surface area contributed by atoms with Crippen molar-refractivity contribution in [2.24, 2.45) is 0 Å². The number of benzene rings is 1. The van der Waals surface area contributed by atoms with Crippen LogP contribution in [0.15, 0.2) is 18.2 Å². The summed E-state index contributed by atoms with van der Waals surface area (Å²) >= 11 is 0. The largest absolute Gasteiger partial charge is 0.413 e. The first kappa shape index (κ1) is 9.61. The second-order valence-corrected chi connectivity index (χ2v) is 1.60. The predicted molar refractivity (Wildman–Crippen MR) is 36.0 cm³/mol. The normalized spacial score (nSPS) is 7.50. The minimum Gasteiger partial charge on any atom is -0.413 e. The van der Waals surface area contributed by atoms with Crippen LogP contribution in [-0.2, 0) is 32.7 Å². The van der Waals surface area contributed by atoms with Crippen molar-refractivity contribution < 1.29 is 32.7 Å². The summed E-state index contributed by atoms with van der Waals surface area (Å²) in [5, 5.41) is 0. The average Bonchev–Trinajstić information content (AvgIpc) is 1.89. The fourth-order valence-electron chi connectivity index (χ4n) is 0.530. The minimum absolute atomic E-state index is 0. The van der Waals surface area contributed by atoms with E-state index < -0.39 is 0 Å². The van der Waals surface area contributed by atoms with Crippen LogP contribution >= 0.6 is 0 Å². The van der Waals surface area contributed by atoms with Crippen molar-refractivity contribution in [2.75, 3.05) is 5.73 Å². The third-order valence-electron chi connectivity index (χ3n) is 0.995. The molecule has 0 aliphatic heterocycles. The topological polar surface area (TPSA) is 30.4 Å². The Morgan fingerprint density at radius 1 is 1.60 bits per heavy atom. The van der Waals surface area contributed by atoms with Gasteiger partial charge in [-0.3, -0.25) is 0 Å². The maximum absolute atomic E-state index is 6.61. The van der Waals surface area contributed by atoms with Gasteiger partial charge in [0.25, 0.3) is 0 Å². The van der Waals surface area contributed by atoms with E-state index in [1.54, 1.807) is 18.2 Å². The van der Waals surface area contributed by atoms with E-state index in [1.165, 1.54) is 0 Å². The Morgan fingerprint density at radius 3 is 2.70 bits per heavy atom. The van der Waals surface area contributed by atoms with Crippen LogP contribution in [0.5, 0.6) is 0 Å². The number of nitrogens with two attached hydrogens (primary N) is 1. The Hall–Kier alpha value is -0.386. The maximum atomic E-state index is 6.61.